The molecule has 0 bridgehead atoms. The molecule has 2 heterocycles. The number of hydrogen-bond donors (Lipinski definition) is 0. The van der Waals surface area contributed by atoms with Crippen LogP contribution in [-0.4, -0.2) is 65.9 Å². The average molecular weight is 467 g/mol. The van der Waals surface area contributed by atoms with Crippen molar-refractivity contribution in [3.05, 3.63) is 29.8 Å². The lowest BCUT2D eigenvalue weighted by Gasteiger charge is -2.41. The zero-order chi connectivity index (χ0) is 23.1. The van der Waals surface area contributed by atoms with Crippen molar-refractivity contribution in [2.45, 2.75) is 64.2 Å². The molecule has 1 atom stereocenters. The topological polar surface area (TPSA) is 22.1 Å². The molecule has 0 N–H and O–H groups in total. The van der Waals surface area contributed by atoms with E-state index >= 15 is 0 Å². The van der Waals surface area contributed by atoms with Crippen LogP contribution in [-0.2, 0) is 6.18 Å². The fourth-order valence-electron chi connectivity index (χ4n) is 5.25. The van der Waals surface area contributed by atoms with Crippen LogP contribution in [0.3, 0.4) is 0 Å². The molecule has 8 heteroatoms. The van der Waals surface area contributed by atoms with Crippen molar-refractivity contribution >= 4 is 28.7 Å². The van der Waals surface area contributed by atoms with E-state index in [4.69, 9.17) is 17.2 Å². The van der Waals surface area contributed by atoms with Crippen LogP contribution in [0, 0.1) is 5.41 Å². The van der Waals surface area contributed by atoms with Crippen molar-refractivity contribution in [1.29, 1.82) is 0 Å². The lowest BCUT2D eigenvalue weighted by Crippen LogP contribution is -2.55. The molecule has 4 nitrogen and oxygen atoms in total. The van der Waals surface area contributed by atoms with Gasteiger partial charge < -0.3 is 4.90 Å². The molecule has 32 heavy (non-hydrogen) atoms. The average Bonchev–Trinajstić information content (AvgIpc) is 2.94. The number of amidine groups is 1. The molecule has 1 saturated carbocycles. The van der Waals surface area contributed by atoms with Gasteiger partial charge in [-0.2, -0.15) is 13.2 Å². The number of anilines is 1. The Morgan fingerprint density at radius 1 is 1.03 bits per heavy atom. The lowest BCUT2D eigenvalue weighted by molar-refractivity contribution is -0.137. The van der Waals surface area contributed by atoms with Gasteiger partial charge in [0.25, 0.3) is 0 Å². The molecular weight excluding hydrogens is 433 g/mol. The molecule has 3 fully saturated rings. The summed E-state index contributed by atoms with van der Waals surface area (Å²) in [5.74, 6) is 0.829. The van der Waals surface area contributed by atoms with E-state index in [0.29, 0.717) is 10.7 Å². The van der Waals surface area contributed by atoms with E-state index in [2.05, 4.69) is 30.7 Å². The van der Waals surface area contributed by atoms with Crippen LogP contribution in [0.2, 0.25) is 0 Å². The van der Waals surface area contributed by atoms with E-state index in [1.807, 2.05) is 4.90 Å². The molecular formula is C24H33F3N4S. The van der Waals surface area contributed by atoms with Gasteiger partial charge in [0.1, 0.15) is 5.84 Å². The Morgan fingerprint density at radius 3 is 2.31 bits per heavy atom. The summed E-state index contributed by atoms with van der Waals surface area (Å²) < 4.78 is 40.5. The first kappa shape index (κ1) is 23.6. The Kier molecular flexibility index (Phi) is 6.67. The van der Waals surface area contributed by atoms with Gasteiger partial charge in [-0.25, -0.2) is 0 Å². The van der Waals surface area contributed by atoms with Crippen LogP contribution < -0.4 is 4.90 Å². The molecule has 4 rings (SSSR count). The molecule has 2 aliphatic heterocycles. The van der Waals surface area contributed by atoms with Gasteiger partial charge in [-0.05, 0) is 38.1 Å². The third kappa shape index (κ3) is 4.59. The van der Waals surface area contributed by atoms with E-state index in [1.54, 1.807) is 6.07 Å². The number of rotatable bonds is 3. The second-order valence-corrected chi connectivity index (χ2v) is 10.3. The number of benzene rings is 1. The smallest absolute Gasteiger partial charge is 0.304 e. The van der Waals surface area contributed by atoms with Crippen molar-refractivity contribution in [2.24, 2.45) is 10.4 Å². The van der Waals surface area contributed by atoms with Crippen molar-refractivity contribution < 1.29 is 13.2 Å². The highest BCUT2D eigenvalue weighted by Gasteiger charge is 2.52. The minimum atomic E-state index is -4.40. The SMILES string of the molecule is CN1CCN(C2C(=NC3CCCCC3)N(c3cccc(C(F)(F)F)c3)C(=S)C2(C)C)CC1. The lowest BCUT2D eigenvalue weighted by atomic mass is 9.85. The number of hydrogen-bond acceptors (Lipinski definition) is 4. The quantitative estimate of drug-likeness (QED) is 0.569. The predicted octanol–water partition coefficient (Wildman–Crippen LogP) is 5.23. The fourth-order valence-corrected chi connectivity index (χ4v) is 5.56. The number of nitrogens with zero attached hydrogens (tertiary/aromatic N) is 4. The summed E-state index contributed by atoms with van der Waals surface area (Å²) in [5, 5.41) is 0. The first-order valence-corrected chi connectivity index (χ1v) is 12.0. The van der Waals surface area contributed by atoms with Crippen molar-refractivity contribution in [1.82, 2.24) is 9.80 Å². The Morgan fingerprint density at radius 2 is 1.69 bits per heavy atom. The minimum absolute atomic E-state index is 0.0415. The normalized spacial score (nSPS) is 27.4. The van der Waals surface area contributed by atoms with Crippen molar-refractivity contribution in [2.75, 3.05) is 38.1 Å². The molecule has 1 aromatic carbocycles. The van der Waals surface area contributed by atoms with Gasteiger partial charge in [-0.3, -0.25) is 14.8 Å². The van der Waals surface area contributed by atoms with E-state index in [1.165, 1.54) is 18.6 Å². The largest absolute Gasteiger partial charge is 0.416 e. The summed E-state index contributed by atoms with van der Waals surface area (Å²) in [7, 11) is 2.12. The van der Waals surface area contributed by atoms with Crippen LogP contribution in [0.5, 0.6) is 0 Å². The zero-order valence-electron chi connectivity index (χ0n) is 19.2. The second kappa shape index (κ2) is 9.03. The third-order valence-electron chi connectivity index (χ3n) is 7.14. The number of likely N-dealkylation sites (N-methyl/N-ethyl adjacent to an activating group) is 1. The van der Waals surface area contributed by atoms with E-state index in [-0.39, 0.29) is 12.1 Å². The van der Waals surface area contributed by atoms with Gasteiger partial charge in [0, 0.05) is 37.3 Å². The molecule has 0 radical (unpaired) electrons. The minimum Gasteiger partial charge on any atom is -0.304 e. The Balaban J connectivity index is 1.78. The van der Waals surface area contributed by atoms with E-state index < -0.39 is 17.2 Å². The van der Waals surface area contributed by atoms with E-state index in [9.17, 15) is 13.2 Å². The number of aliphatic imine (C=N–C) groups is 1. The number of halogens is 3. The first-order valence-electron chi connectivity index (χ1n) is 11.6. The summed E-state index contributed by atoms with van der Waals surface area (Å²) in [4.78, 5) is 12.5. The van der Waals surface area contributed by atoms with Gasteiger partial charge in [0.15, 0.2) is 0 Å². The summed E-state index contributed by atoms with van der Waals surface area (Å²) in [5.41, 5.74) is -0.604. The van der Waals surface area contributed by atoms with Crippen molar-refractivity contribution in [3.8, 4) is 0 Å². The molecule has 176 valence electrons. The Bertz CT molecular complexity index is 868. The molecule has 1 aliphatic carbocycles. The summed E-state index contributed by atoms with van der Waals surface area (Å²) in [6, 6.07) is 5.68. The van der Waals surface area contributed by atoms with Crippen LogP contribution in [0.15, 0.2) is 29.3 Å². The van der Waals surface area contributed by atoms with Crippen LogP contribution in [0.25, 0.3) is 0 Å². The molecule has 0 amide bonds. The number of alkyl halides is 3. The Hall–Kier alpha value is -1.51. The highest BCUT2D eigenvalue weighted by atomic mass is 32.1. The number of piperazine rings is 1. The molecule has 1 unspecified atom stereocenters. The second-order valence-electron chi connectivity index (χ2n) is 9.93. The van der Waals surface area contributed by atoms with Gasteiger partial charge >= 0.3 is 6.18 Å². The standard InChI is InChI=1S/C24H33F3N4S/c1-23(2)20(30-14-12-29(3)13-15-30)21(28-18-9-5-4-6-10-18)31(22(23)32)19-11-7-8-17(16-19)24(25,26)27/h7-8,11,16,18,20H,4-6,9-10,12-15H2,1-3H3. The predicted molar refractivity (Wildman–Crippen MR) is 127 cm³/mol. The highest BCUT2D eigenvalue weighted by molar-refractivity contribution is 7.80. The zero-order valence-corrected chi connectivity index (χ0v) is 20.0. The summed E-state index contributed by atoms with van der Waals surface area (Å²) in [6.45, 7) is 7.94. The fraction of sp³-hybridized carbons (Fsp3) is 0.667. The summed E-state index contributed by atoms with van der Waals surface area (Å²) >= 11 is 5.94. The maximum Gasteiger partial charge on any atom is 0.416 e. The van der Waals surface area contributed by atoms with Crippen molar-refractivity contribution in [3.63, 3.8) is 0 Å². The highest BCUT2D eigenvalue weighted by Crippen LogP contribution is 2.42. The first-order chi connectivity index (χ1) is 15.1. The molecule has 2 saturated heterocycles. The van der Waals surface area contributed by atoms with Gasteiger partial charge in [0.2, 0.25) is 0 Å². The molecule has 0 aromatic heterocycles. The van der Waals surface area contributed by atoms with Crippen LogP contribution in [0.1, 0.15) is 51.5 Å². The third-order valence-corrected chi connectivity index (χ3v) is 7.84. The van der Waals surface area contributed by atoms with Crippen LogP contribution in [0.4, 0.5) is 18.9 Å². The molecule has 1 aromatic rings. The summed E-state index contributed by atoms with van der Waals surface area (Å²) in [6.07, 6.45) is 1.19. The molecule has 3 aliphatic rings. The molecule has 0 spiro atoms. The maximum atomic E-state index is 13.5. The monoisotopic (exact) mass is 466 g/mol. The van der Waals surface area contributed by atoms with Crippen LogP contribution >= 0.6 is 12.2 Å². The van der Waals surface area contributed by atoms with Gasteiger partial charge in [-0.15, -0.1) is 0 Å². The Labute approximate surface area is 194 Å². The van der Waals surface area contributed by atoms with Gasteiger partial charge in [0.05, 0.1) is 22.6 Å². The van der Waals surface area contributed by atoms with Gasteiger partial charge in [-0.1, -0.05) is 51.4 Å². The number of thiocarbonyl (C=S) groups is 1. The van der Waals surface area contributed by atoms with E-state index in [0.717, 1.165) is 63.8 Å². The maximum absolute atomic E-state index is 13.5.